The van der Waals surface area contributed by atoms with E-state index >= 15 is 0 Å². The Kier molecular flexibility index (Phi) is 1.73. The van der Waals surface area contributed by atoms with E-state index in [-0.39, 0.29) is 5.48 Å². The third-order valence-electron chi connectivity index (χ3n) is 1.47. The molecule has 1 heterocycles. The van der Waals surface area contributed by atoms with Gasteiger partial charge in [-0.2, -0.15) is 0 Å². The van der Waals surface area contributed by atoms with Crippen LogP contribution in [0.4, 0.5) is 0 Å². The van der Waals surface area contributed by atoms with E-state index in [1.807, 2.05) is 24.5 Å². The predicted molar refractivity (Wildman–Crippen MR) is 41.9 cm³/mol. The zero-order valence-corrected chi connectivity index (χ0v) is 5.46. The van der Waals surface area contributed by atoms with Crippen molar-refractivity contribution in [3.8, 4) is 0 Å². The second kappa shape index (κ2) is 2.54. The van der Waals surface area contributed by atoms with E-state index in [4.69, 9.17) is 0 Å². The number of hydrogen-bond acceptors (Lipinski definition) is 0. The monoisotopic (exact) mass is 135 g/mol. The van der Waals surface area contributed by atoms with Crippen molar-refractivity contribution in [1.29, 1.82) is 0 Å². The Bertz CT molecular complexity index is 283. The summed E-state index contributed by atoms with van der Waals surface area (Å²) in [5.74, 6) is 0. The van der Waals surface area contributed by atoms with Crippen molar-refractivity contribution in [2.24, 2.45) is 0 Å². The van der Waals surface area contributed by atoms with E-state index in [0.29, 0.717) is 0 Å². The summed E-state index contributed by atoms with van der Waals surface area (Å²) in [4.78, 5) is 3.04. The van der Waals surface area contributed by atoms with Gasteiger partial charge in [0.25, 0.3) is 0 Å². The molecule has 0 aliphatic carbocycles. The highest BCUT2D eigenvalue weighted by Gasteiger charge is 1.86. The van der Waals surface area contributed by atoms with Crippen LogP contribution < -0.4 is 0 Å². The molecule has 0 spiro atoms. The van der Waals surface area contributed by atoms with Crippen molar-refractivity contribution in [1.82, 2.24) is 4.98 Å². The van der Waals surface area contributed by atoms with E-state index < -0.39 is 0 Å². The van der Waals surface area contributed by atoms with Crippen molar-refractivity contribution in [3.05, 3.63) is 36.7 Å². The first-order valence-electron chi connectivity index (χ1n) is 2.98. The number of nitrogens with one attached hydrogen (secondary N) is 1. The van der Waals surface area contributed by atoms with Crippen molar-refractivity contribution in [3.63, 3.8) is 0 Å². The Balaban J connectivity index is 0.000000500. The summed E-state index contributed by atoms with van der Waals surface area (Å²) in [5, 5.41) is 2.55. The van der Waals surface area contributed by atoms with Crippen molar-refractivity contribution in [2.45, 2.75) is 0 Å². The van der Waals surface area contributed by atoms with E-state index in [1.165, 1.54) is 10.8 Å². The molecule has 2 heteroatoms. The van der Waals surface area contributed by atoms with Crippen LogP contribution in [0.3, 0.4) is 0 Å². The Morgan fingerprint density at radius 3 is 1.90 bits per heavy atom. The lowest BCUT2D eigenvalue weighted by molar-refractivity contribution is 0.824. The minimum atomic E-state index is 0. The molecule has 0 saturated carbocycles. The third kappa shape index (κ3) is 0.890. The molecule has 52 valence electrons. The van der Waals surface area contributed by atoms with Gasteiger partial charge in [0.1, 0.15) is 0 Å². The van der Waals surface area contributed by atoms with Crippen LogP contribution in [-0.2, 0) is 0 Å². The van der Waals surface area contributed by atoms with Gasteiger partial charge in [0, 0.05) is 12.4 Å². The smallest absolute Gasteiger partial charge is 0.00843 e. The number of H-pyrrole nitrogens is 1. The summed E-state index contributed by atoms with van der Waals surface area (Å²) < 4.78 is 0. The van der Waals surface area contributed by atoms with Gasteiger partial charge >= 0.3 is 0 Å². The van der Waals surface area contributed by atoms with Gasteiger partial charge in [-0.3, -0.25) is 0 Å². The van der Waals surface area contributed by atoms with Crippen LogP contribution in [0.1, 0.15) is 0 Å². The number of fused-ring (bicyclic) bond motifs is 1. The number of benzene rings is 1. The zero-order chi connectivity index (χ0) is 6.10. The molecule has 0 amide bonds. The molecular formula is C8H9NO. The van der Waals surface area contributed by atoms with Crippen LogP contribution >= 0.6 is 0 Å². The Morgan fingerprint density at radius 1 is 0.900 bits per heavy atom. The number of rotatable bonds is 0. The molecule has 1 aromatic carbocycles. The summed E-state index contributed by atoms with van der Waals surface area (Å²) in [6, 6.07) is 8.25. The fourth-order valence-electron chi connectivity index (χ4n) is 0.995. The lowest BCUT2D eigenvalue weighted by Gasteiger charge is -1.81. The molecule has 0 unspecified atom stereocenters. The van der Waals surface area contributed by atoms with Gasteiger partial charge < -0.3 is 10.5 Å². The molecule has 0 bridgehead atoms. The molecule has 10 heavy (non-hydrogen) atoms. The SMILES string of the molecule is O.c1ccc2c[nH]cc2c1. The topological polar surface area (TPSA) is 47.3 Å². The Labute approximate surface area is 58.8 Å². The van der Waals surface area contributed by atoms with E-state index in [0.717, 1.165) is 0 Å². The number of aromatic nitrogens is 1. The fraction of sp³-hybridized carbons (Fsp3) is 0. The van der Waals surface area contributed by atoms with Gasteiger partial charge in [-0.1, -0.05) is 24.3 Å². The maximum atomic E-state index is 3.04. The summed E-state index contributed by atoms with van der Waals surface area (Å²) in [5.41, 5.74) is 0. The van der Waals surface area contributed by atoms with Crippen molar-refractivity contribution in [2.75, 3.05) is 0 Å². The first-order chi connectivity index (χ1) is 4.47. The van der Waals surface area contributed by atoms with Crippen molar-refractivity contribution >= 4 is 10.8 Å². The molecule has 0 radical (unpaired) electrons. The fourth-order valence-corrected chi connectivity index (χ4v) is 0.995. The normalized spacial score (nSPS) is 9.20. The molecule has 0 saturated heterocycles. The molecule has 2 nitrogen and oxygen atoms in total. The van der Waals surface area contributed by atoms with Crippen LogP contribution in [0.25, 0.3) is 10.8 Å². The highest BCUT2D eigenvalue weighted by atomic mass is 16.0. The highest BCUT2D eigenvalue weighted by Crippen LogP contribution is 2.10. The van der Waals surface area contributed by atoms with E-state index in [1.54, 1.807) is 0 Å². The van der Waals surface area contributed by atoms with Crippen LogP contribution in [0.15, 0.2) is 36.7 Å². The molecule has 1 aromatic heterocycles. The largest absolute Gasteiger partial charge is 0.412 e. The second-order valence-electron chi connectivity index (χ2n) is 2.08. The van der Waals surface area contributed by atoms with Crippen LogP contribution in [-0.4, -0.2) is 10.5 Å². The second-order valence-corrected chi connectivity index (χ2v) is 2.08. The quantitative estimate of drug-likeness (QED) is 0.566. The lowest BCUT2D eigenvalue weighted by atomic mass is 10.2. The van der Waals surface area contributed by atoms with Gasteiger partial charge in [0.15, 0.2) is 0 Å². The molecular weight excluding hydrogens is 126 g/mol. The van der Waals surface area contributed by atoms with E-state index in [2.05, 4.69) is 17.1 Å². The highest BCUT2D eigenvalue weighted by molar-refractivity contribution is 5.81. The molecule has 2 aromatic rings. The van der Waals surface area contributed by atoms with Gasteiger partial charge in [0.05, 0.1) is 0 Å². The summed E-state index contributed by atoms with van der Waals surface area (Å²) in [6.45, 7) is 0. The van der Waals surface area contributed by atoms with Gasteiger partial charge in [-0.25, -0.2) is 0 Å². The molecule has 0 atom stereocenters. The van der Waals surface area contributed by atoms with Gasteiger partial charge in [-0.15, -0.1) is 0 Å². The molecule has 3 N–H and O–H groups in total. The van der Waals surface area contributed by atoms with E-state index in [9.17, 15) is 0 Å². The van der Waals surface area contributed by atoms with Gasteiger partial charge in [0.2, 0.25) is 0 Å². The molecule has 0 aliphatic heterocycles. The lowest BCUT2D eigenvalue weighted by Crippen LogP contribution is -1.57. The predicted octanol–water partition coefficient (Wildman–Crippen LogP) is 1.34. The maximum absolute atomic E-state index is 3.04. The zero-order valence-electron chi connectivity index (χ0n) is 5.46. The molecule has 0 fully saturated rings. The molecule has 0 aliphatic rings. The summed E-state index contributed by atoms with van der Waals surface area (Å²) >= 11 is 0. The Hall–Kier alpha value is -1.28. The Morgan fingerprint density at radius 2 is 1.40 bits per heavy atom. The standard InChI is InChI=1S/C8H7N.H2O/c1-2-4-8-6-9-5-7(8)3-1;/h1-6,9H;1H2. The average molecular weight is 135 g/mol. The first-order valence-corrected chi connectivity index (χ1v) is 2.98. The third-order valence-corrected chi connectivity index (χ3v) is 1.47. The average Bonchev–Trinajstić information content (AvgIpc) is 2.33. The summed E-state index contributed by atoms with van der Waals surface area (Å²) in [6.07, 6.45) is 3.99. The minimum absolute atomic E-state index is 0. The van der Waals surface area contributed by atoms with Crippen LogP contribution in [0, 0.1) is 0 Å². The first kappa shape index (κ1) is 6.83. The van der Waals surface area contributed by atoms with Crippen LogP contribution in [0.5, 0.6) is 0 Å². The van der Waals surface area contributed by atoms with Crippen molar-refractivity contribution < 1.29 is 5.48 Å². The number of hydrogen-bond donors (Lipinski definition) is 1. The minimum Gasteiger partial charge on any atom is -0.412 e. The molecule has 2 rings (SSSR count). The van der Waals surface area contributed by atoms with Gasteiger partial charge in [-0.05, 0) is 10.8 Å². The number of aromatic amines is 1. The van der Waals surface area contributed by atoms with Crippen LogP contribution in [0.2, 0.25) is 0 Å². The maximum Gasteiger partial charge on any atom is 0.00843 e. The summed E-state index contributed by atoms with van der Waals surface area (Å²) in [7, 11) is 0.